The van der Waals surface area contributed by atoms with E-state index >= 15 is 0 Å². The van der Waals surface area contributed by atoms with Crippen molar-refractivity contribution < 1.29 is 22.7 Å². The monoisotopic (exact) mass is 819 g/mol. The molecule has 0 spiro atoms. The highest BCUT2D eigenvalue weighted by atomic mass is 127. The van der Waals surface area contributed by atoms with E-state index in [1.54, 1.807) is 36.0 Å². The molecular formula is C24H27Br2F3IN7O2S. The standard InChI is InChI=1S/C24H27Br2F3IN7O2S/c1-16(24(27,28)29)32-35(8-6-17-13-37(40-30)23-19(17)11-18(25)12-31-23)7-4-5-22(38)34(2)15-21-20(26)14-36(33-21)9-10-39-3/h6,8,11-14H,4-5,7,9-10,15H2,1-3H3/b8-6+,32-16+. The number of rotatable bonds is 13. The number of pyridine rings is 1. The van der Waals surface area contributed by atoms with E-state index in [4.69, 9.17) is 4.74 Å². The fourth-order valence-corrected chi connectivity index (χ4v) is 5.61. The van der Waals surface area contributed by atoms with E-state index in [9.17, 15) is 18.0 Å². The molecule has 9 nitrogen and oxygen atoms in total. The van der Waals surface area contributed by atoms with Crippen molar-refractivity contribution >= 4 is 90.9 Å². The number of amides is 1. The Hall–Kier alpha value is -1.63. The molecule has 218 valence electrons. The second kappa shape index (κ2) is 15.0. The lowest BCUT2D eigenvalue weighted by Crippen LogP contribution is -2.28. The van der Waals surface area contributed by atoms with Gasteiger partial charge in [-0.05, 0) is 57.3 Å². The molecule has 0 saturated carbocycles. The molecule has 3 heterocycles. The number of carbonyl (C=O) groups is 1. The Balaban J connectivity index is 1.69. The Morgan fingerprint density at radius 1 is 1.32 bits per heavy atom. The van der Waals surface area contributed by atoms with Crippen LogP contribution in [-0.4, -0.2) is 73.7 Å². The van der Waals surface area contributed by atoms with Crippen molar-refractivity contribution in [2.24, 2.45) is 5.10 Å². The summed E-state index contributed by atoms with van der Waals surface area (Å²) >= 11 is 9.02. The SMILES string of the molecule is COCCn1cc(Br)c(CN(C)C(=O)CCCN(/C=C/c2cn(SI)c3ncc(Br)cc23)/N=C(\C)C(F)(F)F)n1. The Bertz CT molecular complexity index is 1380. The third-order valence-corrected chi connectivity index (χ3v) is 8.50. The Morgan fingerprint density at radius 3 is 2.75 bits per heavy atom. The summed E-state index contributed by atoms with van der Waals surface area (Å²) in [5.41, 5.74) is 1.22. The summed E-state index contributed by atoms with van der Waals surface area (Å²) in [5.74, 6) is -0.156. The van der Waals surface area contributed by atoms with Crippen LogP contribution in [0.5, 0.6) is 0 Å². The molecule has 1 amide bonds. The largest absolute Gasteiger partial charge is 0.430 e. The van der Waals surface area contributed by atoms with Gasteiger partial charge in [0.05, 0.1) is 29.9 Å². The first-order chi connectivity index (χ1) is 18.9. The van der Waals surface area contributed by atoms with E-state index in [0.717, 1.165) is 32.5 Å². The number of methoxy groups -OCH3 is 1. The zero-order valence-electron chi connectivity index (χ0n) is 21.8. The molecule has 0 N–H and O–H groups in total. The van der Waals surface area contributed by atoms with Crippen LogP contribution in [0.3, 0.4) is 0 Å². The lowest BCUT2D eigenvalue weighted by molar-refractivity contribution is -0.130. The number of alkyl halides is 3. The van der Waals surface area contributed by atoms with Gasteiger partial charge in [-0.1, -0.05) is 0 Å². The first-order valence-electron chi connectivity index (χ1n) is 11.9. The highest BCUT2D eigenvalue weighted by molar-refractivity contribution is 14.2. The molecule has 3 aromatic heterocycles. The van der Waals surface area contributed by atoms with Crippen LogP contribution in [0, 0.1) is 0 Å². The number of carbonyl (C=O) groups excluding carboxylic acids is 1. The third kappa shape index (κ3) is 9.19. The topological polar surface area (TPSA) is 80.8 Å². The van der Waals surface area contributed by atoms with Gasteiger partial charge in [-0.25, -0.2) is 4.98 Å². The van der Waals surface area contributed by atoms with Crippen LogP contribution < -0.4 is 0 Å². The van der Waals surface area contributed by atoms with Crippen molar-refractivity contribution in [1.29, 1.82) is 0 Å². The molecule has 3 rings (SSSR count). The Labute approximate surface area is 263 Å². The second-order valence-corrected chi connectivity index (χ2v) is 12.2. The highest BCUT2D eigenvalue weighted by Crippen LogP contribution is 2.30. The van der Waals surface area contributed by atoms with Gasteiger partial charge in [-0.3, -0.25) is 18.5 Å². The predicted molar refractivity (Wildman–Crippen MR) is 167 cm³/mol. The molecule has 40 heavy (non-hydrogen) atoms. The number of hydrogen-bond donors (Lipinski definition) is 0. The molecule has 3 aromatic rings. The molecule has 0 atom stereocenters. The second-order valence-electron chi connectivity index (χ2n) is 8.70. The molecular weight excluding hydrogens is 794 g/mol. The molecule has 0 aliphatic carbocycles. The van der Waals surface area contributed by atoms with E-state index in [1.807, 2.05) is 22.4 Å². The molecule has 0 aliphatic heterocycles. The summed E-state index contributed by atoms with van der Waals surface area (Å²) in [6.45, 7) is 2.41. The van der Waals surface area contributed by atoms with Crippen molar-refractivity contribution in [2.45, 2.75) is 39.0 Å². The van der Waals surface area contributed by atoms with Crippen LogP contribution in [0.1, 0.15) is 31.0 Å². The lowest BCUT2D eigenvalue weighted by atomic mass is 10.2. The number of aromatic nitrogens is 4. The summed E-state index contributed by atoms with van der Waals surface area (Å²) in [6, 6.07) is 1.90. The minimum atomic E-state index is -4.56. The molecule has 0 bridgehead atoms. The van der Waals surface area contributed by atoms with Crippen molar-refractivity contribution in [3.05, 3.63) is 51.1 Å². The maximum atomic E-state index is 13.3. The van der Waals surface area contributed by atoms with Crippen LogP contribution in [0.2, 0.25) is 0 Å². The van der Waals surface area contributed by atoms with Crippen LogP contribution in [0.15, 0.2) is 44.9 Å². The maximum Gasteiger partial charge on any atom is 0.430 e. The van der Waals surface area contributed by atoms with Crippen molar-refractivity contribution in [3.63, 3.8) is 0 Å². The average Bonchev–Trinajstić information content (AvgIpc) is 3.43. The summed E-state index contributed by atoms with van der Waals surface area (Å²) in [4.78, 5) is 18.7. The summed E-state index contributed by atoms with van der Waals surface area (Å²) < 4.78 is 50.0. The average molecular weight is 821 g/mol. The number of hydrogen-bond acceptors (Lipinski definition) is 7. The van der Waals surface area contributed by atoms with Gasteiger partial charge in [0, 0.05) is 97.7 Å². The molecule has 0 saturated heterocycles. The minimum absolute atomic E-state index is 0.112. The predicted octanol–water partition coefficient (Wildman–Crippen LogP) is 6.90. The number of ether oxygens (including phenoxy) is 1. The Morgan fingerprint density at radius 2 is 2.08 bits per heavy atom. The van der Waals surface area contributed by atoms with Gasteiger partial charge < -0.3 is 9.64 Å². The van der Waals surface area contributed by atoms with Crippen molar-refractivity contribution in [2.75, 3.05) is 27.3 Å². The summed E-state index contributed by atoms with van der Waals surface area (Å²) in [7, 11) is 4.70. The zero-order chi connectivity index (χ0) is 29.4. The summed E-state index contributed by atoms with van der Waals surface area (Å²) in [5, 5.41) is 10.3. The van der Waals surface area contributed by atoms with Crippen LogP contribution in [0.25, 0.3) is 17.1 Å². The lowest BCUT2D eigenvalue weighted by Gasteiger charge is -2.19. The quantitative estimate of drug-likeness (QED) is 0.106. The smallest absolute Gasteiger partial charge is 0.383 e. The van der Waals surface area contributed by atoms with Gasteiger partial charge in [0.2, 0.25) is 5.91 Å². The van der Waals surface area contributed by atoms with Crippen molar-refractivity contribution in [1.82, 2.24) is 28.6 Å². The number of hydrazone groups is 1. The molecule has 0 unspecified atom stereocenters. The van der Waals surface area contributed by atoms with E-state index in [0.29, 0.717) is 25.3 Å². The number of nitrogens with zero attached hydrogens (tertiary/aromatic N) is 7. The molecule has 16 heteroatoms. The van der Waals surface area contributed by atoms with Crippen LogP contribution >= 0.6 is 62.2 Å². The van der Waals surface area contributed by atoms with Crippen LogP contribution in [0.4, 0.5) is 13.2 Å². The van der Waals surface area contributed by atoms with E-state index in [2.05, 4.69) is 68.2 Å². The fourth-order valence-electron chi connectivity index (χ4n) is 3.58. The summed E-state index contributed by atoms with van der Waals surface area (Å²) in [6.07, 6.45) is 4.40. The number of fused-ring (bicyclic) bond motifs is 1. The maximum absolute atomic E-state index is 13.3. The van der Waals surface area contributed by atoms with Gasteiger partial charge in [-0.15, -0.1) is 0 Å². The van der Waals surface area contributed by atoms with E-state index in [1.165, 1.54) is 20.3 Å². The van der Waals surface area contributed by atoms with E-state index < -0.39 is 11.9 Å². The third-order valence-electron chi connectivity index (χ3n) is 5.70. The molecule has 0 aliphatic rings. The van der Waals surface area contributed by atoms with Gasteiger partial charge in [0.25, 0.3) is 0 Å². The first kappa shape index (κ1) is 32.9. The first-order valence-corrected chi connectivity index (χ1v) is 16.8. The molecule has 0 radical (unpaired) electrons. The van der Waals surface area contributed by atoms with Crippen LogP contribution in [-0.2, 0) is 22.6 Å². The molecule has 0 aromatic carbocycles. The van der Waals surface area contributed by atoms with Gasteiger partial charge in [0.15, 0.2) is 5.65 Å². The van der Waals surface area contributed by atoms with Gasteiger partial charge in [0.1, 0.15) is 5.71 Å². The zero-order valence-corrected chi connectivity index (χ0v) is 28.0. The highest BCUT2D eigenvalue weighted by Gasteiger charge is 2.32. The van der Waals surface area contributed by atoms with Gasteiger partial charge in [-0.2, -0.15) is 23.4 Å². The van der Waals surface area contributed by atoms with Crippen molar-refractivity contribution in [3.8, 4) is 0 Å². The fraction of sp³-hybridized carbons (Fsp3) is 0.417. The van der Waals surface area contributed by atoms with Gasteiger partial charge >= 0.3 is 6.18 Å². The normalized spacial score (nSPS) is 12.6. The molecule has 0 fully saturated rings. The minimum Gasteiger partial charge on any atom is -0.383 e. The Kier molecular flexibility index (Phi) is 12.3. The van der Waals surface area contributed by atoms with E-state index in [-0.39, 0.29) is 25.4 Å². The number of halogens is 6.